The van der Waals surface area contributed by atoms with Crippen LogP contribution in [-0.2, 0) is 5.41 Å². The lowest BCUT2D eigenvalue weighted by Crippen LogP contribution is -2.61. The average molecular weight is 919 g/mol. The van der Waals surface area contributed by atoms with Gasteiger partial charge in [0.15, 0.2) is 0 Å². The molecule has 338 valence electrons. The predicted molar refractivity (Wildman–Crippen MR) is 305 cm³/mol. The number of hydrogen-bond donors (Lipinski definition) is 0. The van der Waals surface area contributed by atoms with Crippen LogP contribution >= 0.6 is 0 Å². The summed E-state index contributed by atoms with van der Waals surface area (Å²) in [5.74, 6) is 0. The summed E-state index contributed by atoms with van der Waals surface area (Å²) < 4.78 is 5.00. The molecule has 0 saturated carbocycles. The quantitative estimate of drug-likeness (QED) is 0.155. The fourth-order valence-corrected chi connectivity index (χ4v) is 12.7. The van der Waals surface area contributed by atoms with E-state index < -0.39 is 0 Å². The van der Waals surface area contributed by atoms with Crippen LogP contribution in [0.5, 0.6) is 0 Å². The summed E-state index contributed by atoms with van der Waals surface area (Å²) >= 11 is 0. The molecule has 2 aromatic heterocycles. The molecule has 2 aliphatic heterocycles. The third kappa shape index (κ3) is 5.88. The van der Waals surface area contributed by atoms with Crippen molar-refractivity contribution in [1.82, 2.24) is 9.13 Å². The number of anilines is 6. The van der Waals surface area contributed by atoms with E-state index in [-0.39, 0.29) is 12.1 Å². The van der Waals surface area contributed by atoms with Crippen LogP contribution in [0.2, 0.25) is 0 Å². The van der Waals surface area contributed by atoms with E-state index in [1.807, 2.05) is 0 Å². The van der Waals surface area contributed by atoms with Gasteiger partial charge in [-0.15, -0.1) is 0 Å². The SMILES string of the molecule is CC1(c2ccccc2)C=C(n2c3ccccc3c3c4c(ccc32)B2c3ccc5c(c3N(c3ccccc3)c3cccc(c32)N4c2ccccc2)c2ccccc2n5-c2cccc(-c3ccccc3)c2)C=CC1. The van der Waals surface area contributed by atoms with Gasteiger partial charge < -0.3 is 18.9 Å². The zero-order chi connectivity index (χ0) is 47.5. The molecule has 3 aliphatic rings. The normalized spacial score (nSPS) is 15.8. The monoisotopic (exact) mass is 918 g/mol. The first-order valence-corrected chi connectivity index (χ1v) is 25.2. The van der Waals surface area contributed by atoms with Gasteiger partial charge in [-0.1, -0.05) is 177 Å². The molecule has 1 atom stereocenters. The molecule has 0 radical (unpaired) electrons. The van der Waals surface area contributed by atoms with E-state index in [1.54, 1.807) is 0 Å². The highest BCUT2D eigenvalue weighted by Crippen LogP contribution is 2.51. The lowest BCUT2D eigenvalue weighted by molar-refractivity contribution is 0.599. The van der Waals surface area contributed by atoms with Crippen LogP contribution in [0.15, 0.2) is 255 Å². The maximum absolute atomic E-state index is 2.57. The molecule has 10 aromatic carbocycles. The minimum Gasteiger partial charge on any atom is -0.311 e. The summed E-state index contributed by atoms with van der Waals surface area (Å²) in [4.78, 5) is 5.13. The number of rotatable bonds is 6. The zero-order valence-corrected chi connectivity index (χ0v) is 39.8. The van der Waals surface area contributed by atoms with Crippen molar-refractivity contribution in [2.24, 2.45) is 0 Å². The highest BCUT2D eigenvalue weighted by Gasteiger charge is 2.45. The number of benzene rings is 10. The van der Waals surface area contributed by atoms with Crippen molar-refractivity contribution in [2.45, 2.75) is 18.8 Å². The summed E-state index contributed by atoms with van der Waals surface area (Å²) in [6.45, 7) is 2.30. The van der Waals surface area contributed by atoms with Crippen molar-refractivity contribution < 1.29 is 0 Å². The standard InChI is InChI=1S/C67H47BN4/c1-67(47-24-8-3-9-25-47)42-20-31-51(44-67)70-57-35-17-15-33-53(57)63-59(70)41-39-55-66(63)72(49-28-12-5-13-29-49)61-37-19-36-60-64(61)68(55)54-38-40-58-62(65(54)71(60)48-26-10-4-11-27-48)52-32-14-16-34-56(52)69(58)50-30-18-23-46(43-50)45-21-6-2-7-22-45/h2-41,43-44H,42H2,1H3. The van der Waals surface area contributed by atoms with Crippen LogP contribution in [0.25, 0.3) is 66.1 Å². The van der Waals surface area contributed by atoms with Gasteiger partial charge in [-0.3, -0.25) is 0 Å². The molecule has 1 unspecified atom stereocenters. The zero-order valence-electron chi connectivity index (χ0n) is 39.8. The maximum atomic E-state index is 2.57. The van der Waals surface area contributed by atoms with Crippen molar-refractivity contribution in [3.63, 3.8) is 0 Å². The molecular formula is C67H47BN4. The lowest BCUT2D eigenvalue weighted by atomic mass is 9.33. The number of hydrogen-bond acceptors (Lipinski definition) is 2. The molecule has 5 heteroatoms. The topological polar surface area (TPSA) is 16.3 Å². The first-order valence-electron chi connectivity index (χ1n) is 25.2. The van der Waals surface area contributed by atoms with Crippen LogP contribution in [0, 0.1) is 0 Å². The smallest absolute Gasteiger partial charge is 0.252 e. The van der Waals surface area contributed by atoms with Gasteiger partial charge in [0, 0.05) is 61.1 Å². The van der Waals surface area contributed by atoms with E-state index >= 15 is 0 Å². The number of fused-ring (bicyclic) bond motifs is 12. The van der Waals surface area contributed by atoms with Crippen molar-refractivity contribution >= 4 is 107 Å². The van der Waals surface area contributed by atoms with Gasteiger partial charge in [-0.25, -0.2) is 0 Å². The Bertz CT molecular complexity index is 4210. The van der Waals surface area contributed by atoms with Crippen LogP contribution < -0.4 is 26.2 Å². The van der Waals surface area contributed by atoms with Gasteiger partial charge in [0.25, 0.3) is 6.71 Å². The third-order valence-electron chi connectivity index (χ3n) is 15.8. The molecule has 0 fully saturated rings. The van der Waals surface area contributed by atoms with Gasteiger partial charge in [0.2, 0.25) is 0 Å². The minimum atomic E-state index is -0.155. The van der Waals surface area contributed by atoms with Gasteiger partial charge >= 0.3 is 0 Å². The van der Waals surface area contributed by atoms with Crippen LogP contribution in [0.3, 0.4) is 0 Å². The largest absolute Gasteiger partial charge is 0.311 e. The fraction of sp³-hybridized carbons (Fsp3) is 0.0448. The van der Waals surface area contributed by atoms with Gasteiger partial charge in [-0.2, -0.15) is 0 Å². The third-order valence-corrected chi connectivity index (χ3v) is 15.8. The Kier molecular flexibility index (Phi) is 8.91. The molecule has 0 N–H and O–H groups in total. The highest BCUT2D eigenvalue weighted by molar-refractivity contribution is 7.01. The first-order chi connectivity index (χ1) is 35.6. The van der Waals surface area contributed by atoms with Crippen molar-refractivity contribution in [1.29, 1.82) is 0 Å². The van der Waals surface area contributed by atoms with Gasteiger partial charge in [0.1, 0.15) is 0 Å². The first kappa shape index (κ1) is 40.8. The molecule has 0 saturated heterocycles. The summed E-state index contributed by atoms with van der Waals surface area (Å²) in [6.07, 6.45) is 8.15. The van der Waals surface area contributed by atoms with E-state index in [9.17, 15) is 0 Å². The highest BCUT2D eigenvalue weighted by atomic mass is 15.2. The van der Waals surface area contributed by atoms with Crippen LogP contribution in [0.4, 0.5) is 34.1 Å². The molecule has 4 nitrogen and oxygen atoms in total. The van der Waals surface area contributed by atoms with Crippen molar-refractivity contribution in [3.8, 4) is 16.8 Å². The molecule has 4 heterocycles. The van der Waals surface area contributed by atoms with E-state index in [2.05, 4.69) is 281 Å². The summed E-state index contributed by atoms with van der Waals surface area (Å²) in [5, 5.41) is 4.97. The van der Waals surface area contributed by atoms with E-state index in [0.29, 0.717) is 0 Å². The second kappa shape index (κ2) is 15.7. The van der Waals surface area contributed by atoms with E-state index in [1.165, 1.54) is 105 Å². The molecule has 12 aromatic rings. The minimum absolute atomic E-state index is 0.0734. The number of aromatic nitrogens is 2. The molecule has 15 rings (SSSR count). The Balaban J connectivity index is 1.04. The average Bonchev–Trinajstić information content (AvgIpc) is 3.97. The summed E-state index contributed by atoms with van der Waals surface area (Å²) in [5.41, 5.74) is 21.7. The van der Waals surface area contributed by atoms with Crippen molar-refractivity contribution in [3.05, 3.63) is 260 Å². The Morgan fingerprint density at radius 2 is 0.903 bits per heavy atom. The molecule has 1 aliphatic carbocycles. The molecule has 0 bridgehead atoms. The Morgan fingerprint density at radius 1 is 0.417 bits per heavy atom. The Morgan fingerprint density at radius 3 is 1.51 bits per heavy atom. The second-order valence-electron chi connectivity index (χ2n) is 19.9. The Labute approximate surface area is 419 Å². The van der Waals surface area contributed by atoms with E-state index in [0.717, 1.165) is 23.5 Å². The molecule has 0 spiro atoms. The van der Waals surface area contributed by atoms with E-state index in [4.69, 9.17) is 0 Å². The van der Waals surface area contributed by atoms with Gasteiger partial charge in [0.05, 0.1) is 33.4 Å². The predicted octanol–water partition coefficient (Wildman–Crippen LogP) is 15.4. The molecule has 0 amide bonds. The lowest BCUT2D eigenvalue weighted by Gasteiger charge is -2.44. The number of allylic oxidation sites excluding steroid dienone is 4. The fourth-order valence-electron chi connectivity index (χ4n) is 12.7. The Hall–Kier alpha value is -9.06. The number of nitrogens with zero attached hydrogens (tertiary/aromatic N) is 4. The molecule has 72 heavy (non-hydrogen) atoms. The second-order valence-corrected chi connectivity index (χ2v) is 19.9. The van der Waals surface area contributed by atoms with Crippen LogP contribution in [0.1, 0.15) is 18.9 Å². The van der Waals surface area contributed by atoms with Crippen molar-refractivity contribution in [2.75, 3.05) is 9.80 Å². The maximum Gasteiger partial charge on any atom is 0.252 e. The summed E-state index contributed by atoms with van der Waals surface area (Å²) in [6, 6.07) is 87.5. The number of para-hydroxylation sites is 4. The van der Waals surface area contributed by atoms with Gasteiger partial charge in [-0.05, 0) is 124 Å². The molecular weight excluding hydrogens is 872 g/mol. The summed E-state index contributed by atoms with van der Waals surface area (Å²) in [7, 11) is 0. The van der Waals surface area contributed by atoms with Crippen LogP contribution in [-0.4, -0.2) is 15.8 Å².